The number of hydrogen-bond acceptors (Lipinski definition) is 4. The molecule has 0 fully saturated rings. The van der Waals surface area contributed by atoms with Crippen LogP contribution in [0.5, 0.6) is 0 Å². The van der Waals surface area contributed by atoms with E-state index >= 15 is 0 Å². The lowest BCUT2D eigenvalue weighted by Crippen LogP contribution is -2.38. The fourth-order valence-electron chi connectivity index (χ4n) is 3.08. The first kappa shape index (κ1) is 16.5. The predicted octanol–water partition coefficient (Wildman–Crippen LogP) is 2.86. The third-order valence-electron chi connectivity index (χ3n) is 4.41. The van der Waals surface area contributed by atoms with Gasteiger partial charge in [-0.1, -0.05) is 23.4 Å². The lowest BCUT2D eigenvalue weighted by Gasteiger charge is -2.20. The van der Waals surface area contributed by atoms with E-state index in [4.69, 9.17) is 4.52 Å². The van der Waals surface area contributed by atoms with Crippen LogP contribution in [0.2, 0.25) is 0 Å². The molecule has 0 bridgehead atoms. The SMILES string of the molecule is Cc1noc(CCNC(=O)N[C@H](C)c2ccc3c(c2)CCCC3)n1. The minimum Gasteiger partial charge on any atom is -0.339 e. The summed E-state index contributed by atoms with van der Waals surface area (Å²) in [7, 11) is 0. The number of rotatable bonds is 5. The van der Waals surface area contributed by atoms with Crippen LogP contribution >= 0.6 is 0 Å². The third kappa shape index (κ3) is 4.13. The van der Waals surface area contributed by atoms with Crippen LogP contribution in [0.15, 0.2) is 22.7 Å². The number of urea groups is 1. The first-order valence-electron chi connectivity index (χ1n) is 8.57. The number of aryl methyl sites for hydroxylation is 3. The number of aromatic nitrogens is 2. The summed E-state index contributed by atoms with van der Waals surface area (Å²) in [6.45, 7) is 4.24. The van der Waals surface area contributed by atoms with E-state index in [0.717, 1.165) is 12.0 Å². The van der Waals surface area contributed by atoms with Crippen LogP contribution in [0.4, 0.5) is 4.79 Å². The molecule has 0 saturated heterocycles. The minimum absolute atomic E-state index is 0.0251. The highest BCUT2D eigenvalue weighted by molar-refractivity contribution is 5.74. The van der Waals surface area contributed by atoms with E-state index < -0.39 is 0 Å². The van der Waals surface area contributed by atoms with Crippen LogP contribution in [0.3, 0.4) is 0 Å². The van der Waals surface area contributed by atoms with Gasteiger partial charge in [-0.15, -0.1) is 0 Å². The van der Waals surface area contributed by atoms with Gasteiger partial charge in [0, 0.05) is 13.0 Å². The van der Waals surface area contributed by atoms with Crippen molar-refractivity contribution in [3.05, 3.63) is 46.6 Å². The van der Waals surface area contributed by atoms with Gasteiger partial charge in [-0.05, 0) is 56.2 Å². The molecule has 1 aromatic carbocycles. The molecule has 1 atom stereocenters. The Kier molecular flexibility index (Phi) is 5.13. The molecule has 1 heterocycles. The molecule has 6 nitrogen and oxygen atoms in total. The van der Waals surface area contributed by atoms with Crippen molar-refractivity contribution < 1.29 is 9.32 Å². The first-order chi connectivity index (χ1) is 11.6. The molecule has 0 saturated carbocycles. The smallest absolute Gasteiger partial charge is 0.315 e. The Morgan fingerprint density at radius 3 is 2.83 bits per heavy atom. The summed E-state index contributed by atoms with van der Waals surface area (Å²) in [6, 6.07) is 6.36. The van der Waals surface area contributed by atoms with Gasteiger partial charge in [0.15, 0.2) is 5.82 Å². The molecule has 2 aromatic rings. The van der Waals surface area contributed by atoms with E-state index in [0.29, 0.717) is 24.7 Å². The Labute approximate surface area is 142 Å². The van der Waals surface area contributed by atoms with Crippen LogP contribution in [-0.4, -0.2) is 22.7 Å². The molecule has 128 valence electrons. The van der Waals surface area contributed by atoms with Gasteiger partial charge in [-0.3, -0.25) is 0 Å². The van der Waals surface area contributed by atoms with Crippen molar-refractivity contribution in [1.82, 2.24) is 20.8 Å². The largest absolute Gasteiger partial charge is 0.339 e. The lowest BCUT2D eigenvalue weighted by molar-refractivity contribution is 0.237. The van der Waals surface area contributed by atoms with Gasteiger partial charge in [0.2, 0.25) is 5.89 Å². The van der Waals surface area contributed by atoms with Crippen molar-refractivity contribution in [3.8, 4) is 0 Å². The second-order valence-electron chi connectivity index (χ2n) is 6.34. The fraction of sp³-hybridized carbons (Fsp3) is 0.500. The quantitative estimate of drug-likeness (QED) is 0.884. The first-order valence-corrected chi connectivity index (χ1v) is 8.57. The number of nitrogens with one attached hydrogen (secondary N) is 2. The Hall–Kier alpha value is -2.37. The fourth-order valence-corrected chi connectivity index (χ4v) is 3.08. The zero-order valence-electron chi connectivity index (χ0n) is 14.3. The van der Waals surface area contributed by atoms with Gasteiger partial charge in [0.05, 0.1) is 6.04 Å². The maximum atomic E-state index is 12.0. The molecule has 3 rings (SSSR count). The number of fused-ring (bicyclic) bond motifs is 1. The molecule has 0 unspecified atom stereocenters. The zero-order chi connectivity index (χ0) is 16.9. The second-order valence-corrected chi connectivity index (χ2v) is 6.34. The van der Waals surface area contributed by atoms with Crippen LogP contribution in [0, 0.1) is 6.92 Å². The van der Waals surface area contributed by atoms with E-state index in [9.17, 15) is 4.79 Å². The van der Waals surface area contributed by atoms with Gasteiger partial charge < -0.3 is 15.2 Å². The maximum absolute atomic E-state index is 12.0. The highest BCUT2D eigenvalue weighted by atomic mass is 16.5. The van der Waals surface area contributed by atoms with Crippen LogP contribution in [0.1, 0.15) is 54.2 Å². The molecule has 2 N–H and O–H groups in total. The van der Waals surface area contributed by atoms with E-state index in [2.05, 4.69) is 39.0 Å². The molecule has 1 aromatic heterocycles. The van der Waals surface area contributed by atoms with Crippen molar-refractivity contribution in [2.24, 2.45) is 0 Å². The molecule has 0 spiro atoms. The Bertz CT molecular complexity index is 711. The Balaban J connectivity index is 1.48. The van der Waals surface area contributed by atoms with Crippen LogP contribution in [-0.2, 0) is 19.3 Å². The number of carbonyl (C=O) groups excluding carboxylic acids is 1. The number of nitrogens with zero attached hydrogens (tertiary/aromatic N) is 2. The van der Waals surface area contributed by atoms with Crippen LogP contribution in [0.25, 0.3) is 0 Å². The molecule has 6 heteroatoms. The third-order valence-corrected chi connectivity index (χ3v) is 4.41. The second kappa shape index (κ2) is 7.47. The van der Waals surface area contributed by atoms with Gasteiger partial charge in [0.25, 0.3) is 0 Å². The lowest BCUT2D eigenvalue weighted by atomic mass is 9.89. The molecule has 0 aliphatic heterocycles. The highest BCUT2D eigenvalue weighted by Crippen LogP contribution is 2.24. The highest BCUT2D eigenvalue weighted by Gasteiger charge is 2.14. The minimum atomic E-state index is -0.184. The van der Waals surface area contributed by atoms with E-state index in [1.807, 2.05) is 6.92 Å². The van der Waals surface area contributed by atoms with Crippen molar-refractivity contribution in [3.63, 3.8) is 0 Å². The van der Waals surface area contributed by atoms with Gasteiger partial charge in [0.1, 0.15) is 0 Å². The number of hydrogen-bond donors (Lipinski definition) is 2. The molecule has 1 aliphatic carbocycles. The molecule has 2 amide bonds. The zero-order valence-corrected chi connectivity index (χ0v) is 14.3. The number of carbonyl (C=O) groups is 1. The monoisotopic (exact) mass is 328 g/mol. The summed E-state index contributed by atoms with van der Waals surface area (Å²) in [4.78, 5) is 16.1. The standard InChI is InChI=1S/C18H24N4O2/c1-12(15-8-7-14-5-3-4-6-16(14)11-15)20-18(23)19-10-9-17-21-13(2)22-24-17/h7-8,11-12H,3-6,9-10H2,1-2H3,(H2,19,20,23)/t12-/m1/s1. The Morgan fingerprint density at radius 1 is 1.29 bits per heavy atom. The average Bonchev–Trinajstić information content (AvgIpc) is 2.99. The van der Waals surface area contributed by atoms with Crippen molar-refractivity contribution in [2.75, 3.05) is 6.54 Å². The predicted molar refractivity (Wildman–Crippen MR) is 90.8 cm³/mol. The molecule has 24 heavy (non-hydrogen) atoms. The summed E-state index contributed by atoms with van der Waals surface area (Å²) in [5, 5.41) is 9.53. The number of benzene rings is 1. The normalized spacial score (nSPS) is 14.8. The van der Waals surface area contributed by atoms with Crippen molar-refractivity contribution in [2.45, 2.75) is 52.0 Å². The summed E-state index contributed by atoms with van der Waals surface area (Å²) in [6.07, 6.45) is 5.39. The summed E-state index contributed by atoms with van der Waals surface area (Å²) in [5.41, 5.74) is 4.04. The molecule has 0 radical (unpaired) electrons. The molecule has 1 aliphatic rings. The number of amides is 2. The van der Waals surface area contributed by atoms with Gasteiger partial charge >= 0.3 is 6.03 Å². The summed E-state index contributed by atoms with van der Waals surface area (Å²) >= 11 is 0. The summed E-state index contributed by atoms with van der Waals surface area (Å²) < 4.78 is 5.02. The summed E-state index contributed by atoms with van der Waals surface area (Å²) in [5.74, 6) is 1.14. The van der Waals surface area contributed by atoms with Gasteiger partial charge in [-0.2, -0.15) is 4.98 Å². The topological polar surface area (TPSA) is 80.0 Å². The van der Waals surface area contributed by atoms with E-state index in [1.165, 1.54) is 30.4 Å². The molecular weight excluding hydrogens is 304 g/mol. The van der Waals surface area contributed by atoms with E-state index in [1.54, 1.807) is 6.92 Å². The molecular formula is C18H24N4O2. The van der Waals surface area contributed by atoms with Gasteiger partial charge in [-0.25, -0.2) is 4.79 Å². The average molecular weight is 328 g/mol. The van der Waals surface area contributed by atoms with E-state index in [-0.39, 0.29) is 12.1 Å². The maximum Gasteiger partial charge on any atom is 0.315 e. The van der Waals surface area contributed by atoms with Crippen LogP contribution < -0.4 is 10.6 Å². The van der Waals surface area contributed by atoms with Crippen molar-refractivity contribution in [1.29, 1.82) is 0 Å². The Morgan fingerprint density at radius 2 is 2.08 bits per heavy atom. The van der Waals surface area contributed by atoms with Crippen molar-refractivity contribution >= 4 is 6.03 Å².